The van der Waals surface area contributed by atoms with Crippen molar-refractivity contribution in [1.82, 2.24) is 29.9 Å². The lowest BCUT2D eigenvalue weighted by Gasteiger charge is -2.03. The van der Waals surface area contributed by atoms with Gasteiger partial charge < -0.3 is 5.32 Å². The SMILES string of the molecule is Cn1[nH]c(=O)c2ncc(Nc3n[nH]c4cccnc34)cc21. The fraction of sp³-hybridized carbons (Fsp3) is 0.0769. The molecule has 0 radical (unpaired) electrons. The molecule has 0 bridgehead atoms. The smallest absolute Gasteiger partial charge is 0.290 e. The summed E-state index contributed by atoms with van der Waals surface area (Å²) in [6.07, 6.45) is 3.31. The van der Waals surface area contributed by atoms with Crippen molar-refractivity contribution in [1.29, 1.82) is 0 Å². The predicted molar refractivity (Wildman–Crippen MR) is 78.5 cm³/mol. The van der Waals surface area contributed by atoms with Gasteiger partial charge in [-0.05, 0) is 18.2 Å². The van der Waals surface area contributed by atoms with Crippen LogP contribution in [0.3, 0.4) is 0 Å². The molecule has 104 valence electrons. The maximum absolute atomic E-state index is 11.6. The van der Waals surface area contributed by atoms with Crippen molar-refractivity contribution in [2.45, 2.75) is 0 Å². The molecule has 0 aliphatic rings. The fourth-order valence-corrected chi connectivity index (χ4v) is 2.29. The van der Waals surface area contributed by atoms with Crippen LogP contribution in [0.25, 0.3) is 22.1 Å². The topological polar surface area (TPSA) is 104 Å². The number of anilines is 2. The summed E-state index contributed by atoms with van der Waals surface area (Å²) in [5, 5.41) is 12.9. The molecule has 0 aliphatic carbocycles. The van der Waals surface area contributed by atoms with Gasteiger partial charge in [0.25, 0.3) is 5.56 Å². The number of nitrogens with zero attached hydrogens (tertiary/aromatic N) is 4. The van der Waals surface area contributed by atoms with Crippen molar-refractivity contribution in [3.8, 4) is 0 Å². The Balaban J connectivity index is 1.80. The third-order valence-electron chi connectivity index (χ3n) is 3.30. The minimum absolute atomic E-state index is 0.203. The second-order valence-electron chi connectivity index (χ2n) is 4.69. The Morgan fingerprint density at radius 3 is 3.10 bits per heavy atom. The molecule has 0 atom stereocenters. The van der Waals surface area contributed by atoms with E-state index >= 15 is 0 Å². The summed E-state index contributed by atoms with van der Waals surface area (Å²) in [6, 6.07) is 5.58. The molecule has 8 heteroatoms. The van der Waals surface area contributed by atoms with E-state index in [4.69, 9.17) is 0 Å². The number of H-pyrrole nitrogens is 2. The van der Waals surface area contributed by atoms with E-state index in [0.717, 1.165) is 22.2 Å². The highest BCUT2D eigenvalue weighted by Crippen LogP contribution is 2.22. The molecule has 4 aromatic rings. The molecule has 0 saturated carbocycles. The van der Waals surface area contributed by atoms with E-state index in [9.17, 15) is 4.79 Å². The summed E-state index contributed by atoms with van der Waals surface area (Å²) in [7, 11) is 1.76. The van der Waals surface area contributed by atoms with Crippen LogP contribution in [0.15, 0.2) is 35.4 Å². The van der Waals surface area contributed by atoms with E-state index in [1.165, 1.54) is 0 Å². The Hall–Kier alpha value is -3.16. The Morgan fingerprint density at radius 1 is 1.29 bits per heavy atom. The van der Waals surface area contributed by atoms with E-state index in [-0.39, 0.29) is 5.56 Å². The van der Waals surface area contributed by atoms with Crippen molar-refractivity contribution in [3.63, 3.8) is 0 Å². The lowest BCUT2D eigenvalue weighted by atomic mass is 10.3. The van der Waals surface area contributed by atoms with E-state index in [0.29, 0.717) is 11.3 Å². The predicted octanol–water partition coefficient (Wildman–Crippen LogP) is 1.28. The maximum Gasteiger partial charge on any atom is 0.290 e. The summed E-state index contributed by atoms with van der Waals surface area (Å²) < 4.78 is 1.64. The first-order chi connectivity index (χ1) is 10.2. The van der Waals surface area contributed by atoms with Crippen LogP contribution >= 0.6 is 0 Å². The molecule has 0 aliphatic heterocycles. The second-order valence-corrected chi connectivity index (χ2v) is 4.69. The monoisotopic (exact) mass is 281 g/mol. The van der Waals surface area contributed by atoms with Gasteiger partial charge >= 0.3 is 0 Å². The number of aryl methyl sites for hydroxylation is 1. The normalized spacial score (nSPS) is 11.3. The van der Waals surface area contributed by atoms with Gasteiger partial charge in [0.05, 0.1) is 22.9 Å². The number of aromatic amines is 2. The third-order valence-corrected chi connectivity index (χ3v) is 3.30. The van der Waals surface area contributed by atoms with Crippen LogP contribution in [-0.2, 0) is 7.05 Å². The molecule has 3 N–H and O–H groups in total. The first-order valence-corrected chi connectivity index (χ1v) is 6.33. The van der Waals surface area contributed by atoms with Crippen molar-refractivity contribution < 1.29 is 0 Å². The summed E-state index contributed by atoms with van der Waals surface area (Å²) >= 11 is 0. The maximum atomic E-state index is 11.6. The molecule has 0 fully saturated rings. The minimum Gasteiger partial charge on any atom is -0.336 e. The Kier molecular flexibility index (Phi) is 2.31. The molecule has 0 unspecified atom stereocenters. The van der Waals surface area contributed by atoms with Crippen molar-refractivity contribution in [2.24, 2.45) is 7.05 Å². The van der Waals surface area contributed by atoms with Crippen molar-refractivity contribution in [2.75, 3.05) is 5.32 Å². The molecule has 4 aromatic heterocycles. The average molecular weight is 281 g/mol. The number of rotatable bonds is 2. The van der Waals surface area contributed by atoms with Crippen molar-refractivity contribution in [3.05, 3.63) is 40.9 Å². The van der Waals surface area contributed by atoms with Gasteiger partial charge in [0.1, 0.15) is 5.52 Å². The van der Waals surface area contributed by atoms with E-state index in [1.807, 2.05) is 18.2 Å². The highest BCUT2D eigenvalue weighted by atomic mass is 16.1. The van der Waals surface area contributed by atoms with Gasteiger partial charge in [-0.1, -0.05) is 0 Å². The number of hydrogen-bond acceptors (Lipinski definition) is 5. The highest BCUT2D eigenvalue weighted by Gasteiger charge is 2.09. The zero-order chi connectivity index (χ0) is 14.4. The van der Waals surface area contributed by atoms with Gasteiger partial charge in [-0.25, -0.2) is 4.98 Å². The molecule has 21 heavy (non-hydrogen) atoms. The molecule has 4 rings (SSSR count). The highest BCUT2D eigenvalue weighted by molar-refractivity contribution is 5.88. The van der Waals surface area contributed by atoms with E-state index in [2.05, 4.69) is 30.6 Å². The van der Waals surface area contributed by atoms with Crippen LogP contribution in [0.5, 0.6) is 0 Å². The standard InChI is InChI=1S/C13H11N7O/c1-20-9-5-7(6-15-11(9)13(21)19-20)16-12-10-8(17-18-12)3-2-4-14-10/h2-6H,1H3,(H,19,21)(H2,16,17,18). The number of hydrogen-bond donors (Lipinski definition) is 3. The largest absolute Gasteiger partial charge is 0.336 e. The van der Waals surface area contributed by atoms with Gasteiger partial charge in [0.15, 0.2) is 11.3 Å². The van der Waals surface area contributed by atoms with Crippen LogP contribution in [0.1, 0.15) is 0 Å². The zero-order valence-electron chi connectivity index (χ0n) is 11.1. The summed E-state index contributed by atoms with van der Waals surface area (Å²) in [4.78, 5) is 20.1. The Bertz CT molecular complexity index is 1010. The molecule has 0 aromatic carbocycles. The van der Waals surface area contributed by atoms with Gasteiger partial charge in [-0.2, -0.15) is 5.10 Å². The summed E-state index contributed by atoms with van der Waals surface area (Å²) in [5.74, 6) is 0.618. The van der Waals surface area contributed by atoms with Gasteiger partial charge in [0.2, 0.25) is 0 Å². The molecule has 4 heterocycles. The summed E-state index contributed by atoms with van der Waals surface area (Å²) in [6.45, 7) is 0. The van der Waals surface area contributed by atoms with Gasteiger partial charge in [0, 0.05) is 13.2 Å². The van der Waals surface area contributed by atoms with E-state index in [1.54, 1.807) is 24.1 Å². The molecule has 8 nitrogen and oxygen atoms in total. The van der Waals surface area contributed by atoms with Crippen LogP contribution < -0.4 is 10.9 Å². The Labute approximate surface area is 117 Å². The number of pyridine rings is 2. The fourth-order valence-electron chi connectivity index (χ4n) is 2.29. The van der Waals surface area contributed by atoms with Crippen molar-refractivity contribution >= 4 is 33.6 Å². The minimum atomic E-state index is -0.203. The Morgan fingerprint density at radius 2 is 2.19 bits per heavy atom. The zero-order valence-corrected chi connectivity index (χ0v) is 11.1. The number of nitrogens with one attached hydrogen (secondary N) is 3. The van der Waals surface area contributed by atoms with Gasteiger partial charge in [-0.3, -0.25) is 24.7 Å². The quantitative estimate of drug-likeness (QED) is 0.513. The molecular weight excluding hydrogens is 270 g/mol. The number of fused-ring (bicyclic) bond motifs is 2. The lowest BCUT2D eigenvalue weighted by molar-refractivity contribution is 0.783. The van der Waals surface area contributed by atoms with Crippen LogP contribution in [0.4, 0.5) is 11.5 Å². The molecular formula is C13H11N7O. The average Bonchev–Trinajstić information content (AvgIpc) is 3.02. The van der Waals surface area contributed by atoms with E-state index < -0.39 is 0 Å². The van der Waals surface area contributed by atoms with Crippen LogP contribution in [0, 0.1) is 0 Å². The molecule has 0 saturated heterocycles. The molecule has 0 amide bonds. The van der Waals surface area contributed by atoms with Gasteiger partial charge in [-0.15, -0.1) is 0 Å². The van der Waals surface area contributed by atoms with Crippen LogP contribution in [0.2, 0.25) is 0 Å². The third kappa shape index (κ3) is 1.76. The molecule has 0 spiro atoms. The summed E-state index contributed by atoms with van der Waals surface area (Å²) in [5.41, 5.74) is 3.26. The first kappa shape index (κ1) is 11.6. The first-order valence-electron chi connectivity index (χ1n) is 6.33. The van der Waals surface area contributed by atoms with Crippen LogP contribution in [-0.4, -0.2) is 29.9 Å². The number of aromatic nitrogens is 6. The second kappa shape index (κ2) is 4.17. The lowest BCUT2D eigenvalue weighted by Crippen LogP contribution is -2.02.